The molecule has 0 aliphatic carbocycles. The van der Waals surface area contributed by atoms with Crippen molar-refractivity contribution in [2.75, 3.05) is 0 Å². The molecule has 2 atom stereocenters. The van der Waals surface area contributed by atoms with Gasteiger partial charge in [0.2, 0.25) is 0 Å². The van der Waals surface area contributed by atoms with Crippen molar-refractivity contribution in [1.82, 2.24) is 5.32 Å². The molecule has 0 saturated heterocycles. The van der Waals surface area contributed by atoms with Crippen LogP contribution in [0.2, 0.25) is 0 Å². The Bertz CT molecular complexity index is 864. The van der Waals surface area contributed by atoms with Gasteiger partial charge in [0.1, 0.15) is 0 Å². The minimum Gasteiger partial charge on any atom is -0.308 e. The van der Waals surface area contributed by atoms with Crippen LogP contribution in [-0.2, 0) is 6.42 Å². The normalized spacial score (nSPS) is 22.8. The predicted molar refractivity (Wildman–Crippen MR) is 103 cm³/mol. The minimum absolute atomic E-state index is 0.00841. The third-order valence-corrected chi connectivity index (χ3v) is 5.37. The van der Waals surface area contributed by atoms with E-state index in [0.717, 1.165) is 6.42 Å². The molecule has 4 rings (SSSR count). The molecule has 1 aliphatic rings. The van der Waals surface area contributed by atoms with Gasteiger partial charge in [-0.15, -0.1) is 0 Å². The summed E-state index contributed by atoms with van der Waals surface area (Å²) >= 11 is 0. The zero-order chi connectivity index (χ0) is 16.7. The van der Waals surface area contributed by atoms with Gasteiger partial charge in [0.05, 0.1) is 0 Å². The first-order valence-corrected chi connectivity index (χ1v) is 8.89. The van der Waals surface area contributed by atoms with E-state index in [1.807, 2.05) is 0 Å². The molecule has 24 heavy (non-hydrogen) atoms. The van der Waals surface area contributed by atoms with Gasteiger partial charge in [0, 0.05) is 17.5 Å². The van der Waals surface area contributed by atoms with E-state index in [4.69, 9.17) is 0 Å². The summed E-state index contributed by atoms with van der Waals surface area (Å²) in [7, 11) is 0. The van der Waals surface area contributed by atoms with Gasteiger partial charge in [0.15, 0.2) is 0 Å². The SMILES string of the molecule is CC1Cc2c(ccc3ccccc23)C(c2ccccc2)C(C)(C)N1. The van der Waals surface area contributed by atoms with Crippen LogP contribution >= 0.6 is 0 Å². The maximum atomic E-state index is 3.88. The highest BCUT2D eigenvalue weighted by atomic mass is 15.0. The average molecular weight is 315 g/mol. The van der Waals surface area contributed by atoms with Crippen LogP contribution in [0.1, 0.15) is 43.4 Å². The summed E-state index contributed by atoms with van der Waals surface area (Å²) in [4.78, 5) is 0. The van der Waals surface area contributed by atoms with Crippen molar-refractivity contribution in [3.05, 3.63) is 83.4 Å². The van der Waals surface area contributed by atoms with Gasteiger partial charge in [-0.25, -0.2) is 0 Å². The van der Waals surface area contributed by atoms with Gasteiger partial charge in [-0.05, 0) is 54.7 Å². The summed E-state index contributed by atoms with van der Waals surface area (Å²) in [5, 5.41) is 6.63. The van der Waals surface area contributed by atoms with E-state index in [1.54, 1.807) is 0 Å². The van der Waals surface area contributed by atoms with E-state index in [0.29, 0.717) is 12.0 Å². The smallest absolute Gasteiger partial charge is 0.0269 e. The number of nitrogens with one attached hydrogen (secondary N) is 1. The lowest BCUT2D eigenvalue weighted by atomic mass is 9.75. The fraction of sp³-hybridized carbons (Fsp3) is 0.304. The van der Waals surface area contributed by atoms with Gasteiger partial charge < -0.3 is 5.32 Å². The summed E-state index contributed by atoms with van der Waals surface area (Å²) < 4.78 is 0. The Morgan fingerprint density at radius 1 is 0.875 bits per heavy atom. The molecule has 0 bridgehead atoms. The molecule has 1 aliphatic heterocycles. The molecule has 0 amide bonds. The third-order valence-electron chi connectivity index (χ3n) is 5.37. The Labute approximate surface area is 144 Å². The molecular weight excluding hydrogens is 290 g/mol. The maximum Gasteiger partial charge on any atom is 0.0269 e. The molecule has 1 heteroatoms. The van der Waals surface area contributed by atoms with Crippen molar-refractivity contribution in [2.24, 2.45) is 0 Å². The lowest BCUT2D eigenvalue weighted by Crippen LogP contribution is -2.48. The van der Waals surface area contributed by atoms with Crippen LogP contribution in [-0.4, -0.2) is 11.6 Å². The molecule has 3 aromatic carbocycles. The van der Waals surface area contributed by atoms with Crippen molar-refractivity contribution in [3.8, 4) is 0 Å². The summed E-state index contributed by atoms with van der Waals surface area (Å²) in [5.74, 6) is 0.350. The first kappa shape index (κ1) is 15.4. The predicted octanol–water partition coefficient (Wildman–Crippen LogP) is 5.28. The standard InChI is InChI=1S/C23H25N/c1-16-15-21-19-12-8-7-9-17(19)13-14-20(21)22(23(2,3)24-16)18-10-5-4-6-11-18/h4-14,16,22,24H,15H2,1-3H3. The van der Waals surface area contributed by atoms with Gasteiger partial charge in [-0.3, -0.25) is 0 Å². The van der Waals surface area contributed by atoms with Crippen molar-refractivity contribution < 1.29 is 0 Å². The van der Waals surface area contributed by atoms with Gasteiger partial charge in [0.25, 0.3) is 0 Å². The Kier molecular flexibility index (Phi) is 3.69. The molecule has 2 unspecified atom stereocenters. The molecule has 0 saturated carbocycles. The Morgan fingerprint density at radius 2 is 1.58 bits per heavy atom. The molecule has 3 aromatic rings. The van der Waals surface area contributed by atoms with E-state index in [9.17, 15) is 0 Å². The zero-order valence-electron chi connectivity index (χ0n) is 14.7. The Balaban J connectivity index is 2.01. The zero-order valence-corrected chi connectivity index (χ0v) is 14.7. The maximum absolute atomic E-state index is 3.88. The minimum atomic E-state index is 0.00841. The third kappa shape index (κ3) is 2.53. The van der Waals surface area contributed by atoms with Crippen molar-refractivity contribution in [3.63, 3.8) is 0 Å². The van der Waals surface area contributed by atoms with Crippen LogP contribution in [0.5, 0.6) is 0 Å². The first-order valence-electron chi connectivity index (χ1n) is 8.89. The van der Waals surface area contributed by atoms with Crippen molar-refractivity contribution in [1.29, 1.82) is 0 Å². The summed E-state index contributed by atoms with van der Waals surface area (Å²) in [6.07, 6.45) is 1.07. The lowest BCUT2D eigenvalue weighted by molar-refractivity contribution is 0.322. The monoisotopic (exact) mass is 315 g/mol. The number of hydrogen-bond donors (Lipinski definition) is 1. The molecule has 0 aromatic heterocycles. The second-order valence-corrected chi connectivity index (χ2v) is 7.67. The van der Waals surface area contributed by atoms with E-state index >= 15 is 0 Å². The fourth-order valence-electron chi connectivity index (χ4n) is 4.56. The Hall–Kier alpha value is -2.12. The van der Waals surface area contributed by atoms with Crippen LogP contribution < -0.4 is 5.32 Å². The van der Waals surface area contributed by atoms with Crippen LogP contribution in [0.4, 0.5) is 0 Å². The second kappa shape index (κ2) is 5.75. The number of hydrogen-bond acceptors (Lipinski definition) is 1. The molecule has 0 radical (unpaired) electrons. The molecule has 0 spiro atoms. The molecule has 1 heterocycles. The second-order valence-electron chi connectivity index (χ2n) is 7.67. The van der Waals surface area contributed by atoms with E-state index in [1.165, 1.54) is 27.5 Å². The van der Waals surface area contributed by atoms with Crippen molar-refractivity contribution in [2.45, 2.75) is 44.7 Å². The van der Waals surface area contributed by atoms with Crippen LogP contribution in [0.15, 0.2) is 66.7 Å². The average Bonchev–Trinajstić information content (AvgIpc) is 2.67. The van der Waals surface area contributed by atoms with Crippen LogP contribution in [0.25, 0.3) is 10.8 Å². The van der Waals surface area contributed by atoms with Crippen LogP contribution in [0.3, 0.4) is 0 Å². The van der Waals surface area contributed by atoms with Gasteiger partial charge >= 0.3 is 0 Å². The summed E-state index contributed by atoms with van der Waals surface area (Å²) in [6.45, 7) is 6.98. The topological polar surface area (TPSA) is 12.0 Å². The van der Waals surface area contributed by atoms with E-state index in [2.05, 4.69) is 92.8 Å². The lowest BCUT2D eigenvalue weighted by Gasteiger charge is -2.36. The van der Waals surface area contributed by atoms with E-state index < -0.39 is 0 Å². The number of fused-ring (bicyclic) bond motifs is 3. The van der Waals surface area contributed by atoms with Gasteiger partial charge in [-0.1, -0.05) is 66.7 Å². The molecule has 0 fully saturated rings. The molecule has 122 valence electrons. The molecular formula is C23H25N. The van der Waals surface area contributed by atoms with E-state index in [-0.39, 0.29) is 5.54 Å². The highest BCUT2D eigenvalue weighted by molar-refractivity contribution is 5.87. The molecule has 1 N–H and O–H groups in total. The number of rotatable bonds is 1. The fourth-order valence-corrected chi connectivity index (χ4v) is 4.56. The number of benzene rings is 3. The quantitative estimate of drug-likeness (QED) is 0.644. The van der Waals surface area contributed by atoms with Crippen LogP contribution in [0, 0.1) is 0 Å². The molecule has 1 nitrogen and oxygen atoms in total. The summed E-state index contributed by atoms with van der Waals surface area (Å²) in [5.41, 5.74) is 4.38. The first-order chi connectivity index (χ1) is 11.6. The Morgan fingerprint density at radius 3 is 2.38 bits per heavy atom. The largest absolute Gasteiger partial charge is 0.308 e. The van der Waals surface area contributed by atoms with Crippen molar-refractivity contribution >= 4 is 10.8 Å². The summed E-state index contributed by atoms with van der Waals surface area (Å²) in [6, 6.07) is 24.8. The highest BCUT2D eigenvalue weighted by Crippen LogP contribution is 2.41. The van der Waals surface area contributed by atoms with Gasteiger partial charge in [-0.2, -0.15) is 0 Å². The highest BCUT2D eigenvalue weighted by Gasteiger charge is 2.37.